The van der Waals surface area contributed by atoms with Crippen molar-refractivity contribution in [1.29, 1.82) is 0 Å². The zero-order valence-electron chi connectivity index (χ0n) is 20.7. The van der Waals surface area contributed by atoms with Crippen molar-refractivity contribution >= 4 is 58.5 Å². The van der Waals surface area contributed by atoms with Gasteiger partial charge in [-0.15, -0.1) is 0 Å². The van der Waals surface area contributed by atoms with Crippen LogP contribution in [0.25, 0.3) is 0 Å². The van der Waals surface area contributed by atoms with Crippen molar-refractivity contribution in [1.82, 2.24) is 0 Å². The predicted molar refractivity (Wildman–Crippen MR) is 146 cm³/mol. The van der Waals surface area contributed by atoms with Gasteiger partial charge in [0, 0.05) is 32.6 Å². The van der Waals surface area contributed by atoms with E-state index in [1.54, 1.807) is 36.0 Å². The standard InChI is InChI=1S/C28H27ClN2O6S/c1-2-17-36-28(35)19-3-7-21(8-4-19)31-26(33)18-37-27(34)16-15-25(32)30-22-9-13-24(14-10-22)38-23-11-5-20(29)6-12-23/h3-14H,2,15-18H2,1H3,(H,30,32)(H,31,33). The summed E-state index contributed by atoms with van der Waals surface area (Å²) in [5, 5.41) is 5.98. The van der Waals surface area contributed by atoms with E-state index in [1.807, 2.05) is 43.3 Å². The first-order valence-corrected chi connectivity index (χ1v) is 13.1. The van der Waals surface area contributed by atoms with Crippen LogP contribution in [-0.2, 0) is 23.9 Å². The molecule has 198 valence electrons. The Morgan fingerprint density at radius 3 is 1.89 bits per heavy atom. The van der Waals surface area contributed by atoms with Crippen LogP contribution < -0.4 is 10.6 Å². The van der Waals surface area contributed by atoms with E-state index in [0.717, 1.165) is 16.2 Å². The van der Waals surface area contributed by atoms with E-state index in [-0.39, 0.29) is 18.7 Å². The second-order valence-corrected chi connectivity index (χ2v) is 9.63. The molecule has 0 aliphatic rings. The fourth-order valence-electron chi connectivity index (χ4n) is 3.07. The first-order chi connectivity index (χ1) is 18.3. The Morgan fingerprint density at radius 2 is 1.29 bits per heavy atom. The molecule has 0 bridgehead atoms. The third kappa shape index (κ3) is 9.91. The maximum atomic E-state index is 12.2. The summed E-state index contributed by atoms with van der Waals surface area (Å²) in [5.74, 6) is -1.99. The molecule has 0 fully saturated rings. The van der Waals surface area contributed by atoms with Crippen molar-refractivity contribution in [2.75, 3.05) is 23.8 Å². The number of hydrogen-bond acceptors (Lipinski definition) is 7. The topological polar surface area (TPSA) is 111 Å². The van der Waals surface area contributed by atoms with Gasteiger partial charge in [0.05, 0.1) is 18.6 Å². The van der Waals surface area contributed by atoms with Crippen LogP contribution in [0.15, 0.2) is 82.6 Å². The lowest BCUT2D eigenvalue weighted by Gasteiger charge is -2.08. The van der Waals surface area contributed by atoms with Crippen LogP contribution in [0.1, 0.15) is 36.5 Å². The molecule has 8 nitrogen and oxygen atoms in total. The molecule has 3 aromatic rings. The van der Waals surface area contributed by atoms with E-state index in [4.69, 9.17) is 21.1 Å². The Kier molecular flexibility index (Phi) is 11.2. The number of rotatable bonds is 12. The second kappa shape index (κ2) is 14.8. The minimum absolute atomic E-state index is 0.0860. The van der Waals surface area contributed by atoms with Gasteiger partial charge in [-0.1, -0.05) is 30.3 Å². The van der Waals surface area contributed by atoms with Crippen LogP contribution in [-0.4, -0.2) is 37.0 Å². The van der Waals surface area contributed by atoms with Gasteiger partial charge in [-0.3, -0.25) is 14.4 Å². The number of amides is 2. The summed E-state index contributed by atoms with van der Waals surface area (Å²) >= 11 is 7.47. The monoisotopic (exact) mass is 554 g/mol. The molecule has 0 atom stereocenters. The molecule has 0 aromatic heterocycles. The summed E-state index contributed by atoms with van der Waals surface area (Å²) in [4.78, 5) is 50.0. The fourth-order valence-corrected chi connectivity index (χ4v) is 4.01. The molecule has 0 radical (unpaired) electrons. The molecule has 0 aliphatic heterocycles. The number of halogens is 1. The maximum Gasteiger partial charge on any atom is 0.338 e. The average Bonchev–Trinajstić information content (AvgIpc) is 2.92. The first kappa shape index (κ1) is 28.7. The number of esters is 2. The summed E-state index contributed by atoms with van der Waals surface area (Å²) in [6, 6.07) is 21.0. The molecule has 0 aliphatic carbocycles. The largest absolute Gasteiger partial charge is 0.462 e. The van der Waals surface area contributed by atoms with Gasteiger partial charge < -0.3 is 20.1 Å². The minimum Gasteiger partial charge on any atom is -0.462 e. The van der Waals surface area contributed by atoms with Gasteiger partial charge in [0.25, 0.3) is 5.91 Å². The van der Waals surface area contributed by atoms with Crippen LogP contribution in [0.2, 0.25) is 5.02 Å². The smallest absolute Gasteiger partial charge is 0.338 e. The van der Waals surface area contributed by atoms with Gasteiger partial charge in [0.2, 0.25) is 5.91 Å². The third-order valence-corrected chi connectivity index (χ3v) is 6.22. The average molecular weight is 555 g/mol. The van der Waals surface area contributed by atoms with Crippen molar-refractivity contribution in [3.8, 4) is 0 Å². The van der Waals surface area contributed by atoms with Crippen molar-refractivity contribution in [2.45, 2.75) is 36.0 Å². The second-order valence-electron chi connectivity index (χ2n) is 8.05. The van der Waals surface area contributed by atoms with E-state index >= 15 is 0 Å². The summed E-state index contributed by atoms with van der Waals surface area (Å²) in [5.41, 5.74) is 1.41. The molecule has 3 aromatic carbocycles. The van der Waals surface area contributed by atoms with Crippen molar-refractivity contribution in [3.05, 3.63) is 83.4 Å². The summed E-state index contributed by atoms with van der Waals surface area (Å²) in [7, 11) is 0. The Labute approximate surface area is 230 Å². The number of carbonyl (C=O) groups excluding carboxylic acids is 4. The molecule has 38 heavy (non-hydrogen) atoms. The SMILES string of the molecule is CCCOC(=O)c1ccc(NC(=O)COC(=O)CCC(=O)Nc2ccc(Sc3ccc(Cl)cc3)cc2)cc1. The normalized spacial score (nSPS) is 10.4. The molecule has 3 rings (SSSR count). The molecular formula is C28H27ClN2O6S. The molecule has 2 N–H and O–H groups in total. The quantitative estimate of drug-likeness (QED) is 0.266. The Balaban J connectivity index is 1.34. The lowest BCUT2D eigenvalue weighted by Crippen LogP contribution is -2.21. The molecular weight excluding hydrogens is 528 g/mol. The van der Waals surface area contributed by atoms with Crippen molar-refractivity contribution in [2.24, 2.45) is 0 Å². The number of anilines is 2. The maximum absolute atomic E-state index is 12.2. The van der Waals surface area contributed by atoms with Crippen LogP contribution in [0, 0.1) is 0 Å². The molecule has 0 unspecified atom stereocenters. The van der Waals surface area contributed by atoms with E-state index in [0.29, 0.717) is 28.6 Å². The highest BCUT2D eigenvalue weighted by molar-refractivity contribution is 7.99. The minimum atomic E-state index is -0.668. The Hall–Kier alpha value is -3.82. The summed E-state index contributed by atoms with van der Waals surface area (Å²) in [6.45, 7) is 1.74. The Bertz CT molecular complexity index is 1250. The zero-order valence-corrected chi connectivity index (χ0v) is 22.3. The van der Waals surface area contributed by atoms with Crippen LogP contribution >= 0.6 is 23.4 Å². The number of ether oxygens (including phenoxy) is 2. The fraction of sp³-hybridized carbons (Fsp3) is 0.214. The molecule has 10 heteroatoms. The number of nitrogens with one attached hydrogen (secondary N) is 2. The molecule has 0 heterocycles. The van der Waals surface area contributed by atoms with E-state index in [9.17, 15) is 19.2 Å². The highest BCUT2D eigenvalue weighted by Crippen LogP contribution is 2.29. The molecule has 0 saturated carbocycles. The molecule has 2 amide bonds. The first-order valence-electron chi connectivity index (χ1n) is 11.9. The lowest BCUT2D eigenvalue weighted by molar-refractivity contribution is -0.147. The summed E-state index contributed by atoms with van der Waals surface area (Å²) in [6.07, 6.45) is 0.471. The highest BCUT2D eigenvalue weighted by Gasteiger charge is 2.12. The van der Waals surface area contributed by atoms with Crippen LogP contribution in [0.3, 0.4) is 0 Å². The van der Waals surface area contributed by atoms with Crippen LogP contribution in [0.5, 0.6) is 0 Å². The highest BCUT2D eigenvalue weighted by atomic mass is 35.5. The molecule has 0 spiro atoms. The summed E-state index contributed by atoms with van der Waals surface area (Å²) < 4.78 is 9.99. The van der Waals surface area contributed by atoms with Crippen LogP contribution in [0.4, 0.5) is 11.4 Å². The van der Waals surface area contributed by atoms with Gasteiger partial charge in [-0.25, -0.2) is 4.79 Å². The van der Waals surface area contributed by atoms with Gasteiger partial charge in [0.15, 0.2) is 6.61 Å². The molecule has 0 saturated heterocycles. The van der Waals surface area contributed by atoms with Crippen molar-refractivity contribution in [3.63, 3.8) is 0 Å². The number of carbonyl (C=O) groups is 4. The number of hydrogen-bond donors (Lipinski definition) is 2. The van der Waals surface area contributed by atoms with E-state index < -0.39 is 24.5 Å². The predicted octanol–water partition coefficient (Wildman–Crippen LogP) is 5.96. The zero-order chi connectivity index (χ0) is 27.3. The van der Waals surface area contributed by atoms with Crippen molar-refractivity contribution < 1.29 is 28.7 Å². The number of benzene rings is 3. The van der Waals surface area contributed by atoms with E-state index in [1.165, 1.54) is 12.1 Å². The van der Waals surface area contributed by atoms with Gasteiger partial charge in [-0.05, 0) is 79.2 Å². The van der Waals surface area contributed by atoms with Gasteiger partial charge in [-0.2, -0.15) is 0 Å². The lowest BCUT2D eigenvalue weighted by atomic mass is 10.2. The van der Waals surface area contributed by atoms with Gasteiger partial charge in [0.1, 0.15) is 0 Å². The Morgan fingerprint density at radius 1 is 0.737 bits per heavy atom. The van der Waals surface area contributed by atoms with Gasteiger partial charge >= 0.3 is 11.9 Å². The third-order valence-electron chi connectivity index (χ3n) is 4.95. The van der Waals surface area contributed by atoms with E-state index in [2.05, 4.69) is 10.6 Å².